The van der Waals surface area contributed by atoms with Crippen LogP contribution in [0.2, 0.25) is 0 Å². The predicted octanol–water partition coefficient (Wildman–Crippen LogP) is 2.22. The number of nitrogen functional groups attached to an aromatic ring is 1. The molecular weight excluding hydrogens is 445 g/mol. The zero-order valence-electron chi connectivity index (χ0n) is 18.4. The molecule has 10 heteroatoms. The fraction of sp³-hybridized carbons (Fsp3) is 0.391. The highest BCUT2D eigenvalue weighted by molar-refractivity contribution is 7.21. The van der Waals surface area contributed by atoms with Crippen molar-refractivity contribution in [3.63, 3.8) is 0 Å². The monoisotopic (exact) mass is 471 g/mol. The van der Waals surface area contributed by atoms with E-state index in [-0.39, 0.29) is 36.5 Å². The number of nitrogens with zero attached hydrogens (tertiary/aromatic N) is 2. The molecule has 2 aliphatic heterocycles. The van der Waals surface area contributed by atoms with Crippen LogP contribution in [-0.2, 0) is 11.2 Å². The van der Waals surface area contributed by atoms with Gasteiger partial charge in [0.15, 0.2) is 11.6 Å². The van der Waals surface area contributed by atoms with Crippen molar-refractivity contribution in [2.24, 2.45) is 5.73 Å². The second-order valence-corrected chi connectivity index (χ2v) is 9.56. The van der Waals surface area contributed by atoms with Gasteiger partial charge in [0, 0.05) is 31.3 Å². The average Bonchev–Trinajstić information content (AvgIpc) is 3.33. The summed E-state index contributed by atoms with van der Waals surface area (Å²) in [5.74, 6) is -0.455. The number of ether oxygens (including phenoxy) is 2. The van der Waals surface area contributed by atoms with E-state index in [0.29, 0.717) is 41.3 Å². The Morgan fingerprint density at radius 2 is 2.15 bits per heavy atom. The number of hydrogen-bond donors (Lipinski definition) is 3. The van der Waals surface area contributed by atoms with Crippen LogP contribution in [0.25, 0.3) is 10.2 Å². The van der Waals surface area contributed by atoms with Crippen molar-refractivity contribution in [1.29, 1.82) is 0 Å². The van der Waals surface area contributed by atoms with Gasteiger partial charge in [-0.1, -0.05) is 6.07 Å². The molecule has 5 rings (SSSR count). The Morgan fingerprint density at radius 3 is 2.91 bits per heavy atom. The van der Waals surface area contributed by atoms with E-state index >= 15 is 4.39 Å². The van der Waals surface area contributed by atoms with Crippen LogP contribution in [0, 0.1) is 12.7 Å². The summed E-state index contributed by atoms with van der Waals surface area (Å²) in [6.07, 6.45) is 0.321. The minimum atomic E-state index is -0.406. The smallest absolute Gasteiger partial charge is 0.263 e. The highest BCUT2D eigenvalue weighted by Gasteiger charge is 2.34. The number of rotatable bonds is 4. The van der Waals surface area contributed by atoms with E-state index in [2.05, 4.69) is 10.3 Å². The summed E-state index contributed by atoms with van der Waals surface area (Å²) in [6.45, 7) is 3.10. The van der Waals surface area contributed by atoms with E-state index in [1.165, 1.54) is 11.3 Å². The zero-order chi connectivity index (χ0) is 23.3. The normalized spacial score (nSPS) is 22.3. The van der Waals surface area contributed by atoms with Crippen LogP contribution >= 0.6 is 11.3 Å². The molecule has 1 amide bonds. The Labute approximate surface area is 194 Å². The molecule has 2 aliphatic rings. The summed E-state index contributed by atoms with van der Waals surface area (Å²) in [5, 5.41) is 3.74. The number of halogens is 1. The molecule has 1 saturated heterocycles. The molecular formula is C23H26FN5O3S. The lowest BCUT2D eigenvalue weighted by Crippen LogP contribution is -2.43. The molecule has 3 aromatic rings. The van der Waals surface area contributed by atoms with E-state index in [1.807, 2.05) is 30.0 Å². The van der Waals surface area contributed by atoms with Gasteiger partial charge in [0.1, 0.15) is 16.3 Å². The number of fused-ring (bicyclic) bond motifs is 2. The summed E-state index contributed by atoms with van der Waals surface area (Å²) in [7, 11) is 1.61. The first kappa shape index (κ1) is 21.9. The maximum absolute atomic E-state index is 15.3. The van der Waals surface area contributed by atoms with Gasteiger partial charge in [-0.2, -0.15) is 0 Å². The standard InChI is InChI=1S/C23H26FN5O3S/c1-11-3-5-14-19(26)21(33-23(14)27-11)22(30)28-13-7-12-4-6-16(18(24)20(12)32-10-13)29-8-15(25)17(9-29)31-2/h3-6,13,15,17H,7-10,25-26H2,1-2H3,(H,28,30)/t13-,15+,17+/m1/s1. The number of nitrogens with one attached hydrogen (secondary N) is 1. The van der Waals surface area contributed by atoms with Gasteiger partial charge in [0.25, 0.3) is 5.91 Å². The van der Waals surface area contributed by atoms with Crippen LogP contribution in [0.3, 0.4) is 0 Å². The molecule has 2 aromatic heterocycles. The molecule has 0 saturated carbocycles. The number of aryl methyl sites for hydroxylation is 1. The van der Waals surface area contributed by atoms with Gasteiger partial charge in [0.2, 0.25) is 0 Å². The van der Waals surface area contributed by atoms with Crippen molar-refractivity contribution in [2.75, 3.05) is 37.4 Å². The van der Waals surface area contributed by atoms with Gasteiger partial charge in [-0.15, -0.1) is 11.3 Å². The lowest BCUT2D eigenvalue weighted by atomic mass is 10.0. The molecule has 1 aromatic carbocycles. The first-order valence-electron chi connectivity index (χ1n) is 10.8. The summed E-state index contributed by atoms with van der Waals surface area (Å²) in [5.41, 5.74) is 14.7. The molecule has 5 N–H and O–H groups in total. The van der Waals surface area contributed by atoms with Crippen LogP contribution < -0.4 is 26.4 Å². The first-order chi connectivity index (χ1) is 15.9. The Kier molecular flexibility index (Phi) is 5.59. The summed E-state index contributed by atoms with van der Waals surface area (Å²) in [6, 6.07) is 6.86. The van der Waals surface area contributed by atoms with E-state index < -0.39 is 5.82 Å². The molecule has 4 heterocycles. The maximum atomic E-state index is 15.3. The van der Waals surface area contributed by atoms with E-state index in [0.717, 1.165) is 15.9 Å². The number of aromatic nitrogens is 1. The molecule has 0 radical (unpaired) electrons. The second kappa shape index (κ2) is 8.44. The summed E-state index contributed by atoms with van der Waals surface area (Å²) in [4.78, 5) is 20.4. The third kappa shape index (κ3) is 3.88. The molecule has 3 atom stereocenters. The van der Waals surface area contributed by atoms with E-state index in [4.69, 9.17) is 20.9 Å². The average molecular weight is 472 g/mol. The number of methoxy groups -OCH3 is 1. The van der Waals surface area contributed by atoms with Gasteiger partial charge in [0.05, 0.1) is 29.6 Å². The van der Waals surface area contributed by atoms with Crippen molar-refractivity contribution < 1.29 is 18.7 Å². The Bertz CT molecular complexity index is 1230. The van der Waals surface area contributed by atoms with Crippen molar-refractivity contribution in [3.8, 4) is 5.75 Å². The summed E-state index contributed by atoms with van der Waals surface area (Å²) < 4.78 is 26.4. The highest BCUT2D eigenvalue weighted by Crippen LogP contribution is 2.36. The third-order valence-electron chi connectivity index (χ3n) is 6.28. The molecule has 33 heavy (non-hydrogen) atoms. The van der Waals surface area contributed by atoms with Gasteiger partial charge in [-0.05, 0) is 37.1 Å². The minimum absolute atomic E-state index is 0.138. The van der Waals surface area contributed by atoms with Crippen LogP contribution in [-0.4, -0.2) is 55.9 Å². The highest BCUT2D eigenvalue weighted by atomic mass is 32.1. The van der Waals surface area contributed by atoms with E-state index in [9.17, 15) is 4.79 Å². The lowest BCUT2D eigenvalue weighted by molar-refractivity contribution is 0.0919. The predicted molar refractivity (Wildman–Crippen MR) is 127 cm³/mol. The molecule has 0 unspecified atom stereocenters. The molecule has 0 aliphatic carbocycles. The number of carbonyl (C=O) groups is 1. The molecule has 1 fully saturated rings. The fourth-order valence-electron chi connectivity index (χ4n) is 4.50. The number of thiophene rings is 1. The van der Waals surface area contributed by atoms with Crippen molar-refractivity contribution in [3.05, 3.63) is 46.2 Å². The van der Waals surface area contributed by atoms with Gasteiger partial charge in [-0.25, -0.2) is 9.37 Å². The van der Waals surface area contributed by atoms with E-state index in [1.54, 1.807) is 13.2 Å². The Morgan fingerprint density at radius 1 is 1.33 bits per heavy atom. The van der Waals surface area contributed by atoms with Crippen LogP contribution in [0.15, 0.2) is 24.3 Å². The number of benzene rings is 1. The molecule has 8 nitrogen and oxygen atoms in total. The Hall–Kier alpha value is -2.95. The van der Waals surface area contributed by atoms with Gasteiger partial charge >= 0.3 is 0 Å². The number of amides is 1. The number of nitrogens with two attached hydrogens (primary N) is 2. The molecule has 0 bridgehead atoms. The molecule has 174 valence electrons. The summed E-state index contributed by atoms with van der Waals surface area (Å²) >= 11 is 1.27. The van der Waals surface area contributed by atoms with Crippen LogP contribution in [0.1, 0.15) is 20.9 Å². The van der Waals surface area contributed by atoms with Gasteiger partial charge < -0.3 is 31.2 Å². The number of hydrogen-bond acceptors (Lipinski definition) is 8. The topological polar surface area (TPSA) is 116 Å². The number of carbonyl (C=O) groups excluding carboxylic acids is 1. The zero-order valence-corrected chi connectivity index (χ0v) is 19.2. The largest absolute Gasteiger partial charge is 0.488 e. The quantitative estimate of drug-likeness (QED) is 0.534. The minimum Gasteiger partial charge on any atom is -0.488 e. The third-order valence-corrected chi connectivity index (χ3v) is 7.39. The SMILES string of the molecule is CO[C@H]1CN(c2ccc3c(c2F)OC[C@H](NC(=O)c2sc4nc(C)ccc4c2N)C3)C[C@@H]1N. The first-order valence-corrected chi connectivity index (χ1v) is 11.6. The van der Waals surface area contributed by atoms with Crippen LogP contribution in [0.4, 0.5) is 15.8 Å². The van der Waals surface area contributed by atoms with Crippen molar-refractivity contribution >= 4 is 38.8 Å². The lowest BCUT2D eigenvalue weighted by Gasteiger charge is -2.28. The van der Waals surface area contributed by atoms with Crippen molar-refractivity contribution in [1.82, 2.24) is 10.3 Å². The number of pyridine rings is 1. The Balaban J connectivity index is 1.31. The van der Waals surface area contributed by atoms with Gasteiger partial charge in [-0.3, -0.25) is 4.79 Å². The van der Waals surface area contributed by atoms with Crippen LogP contribution in [0.5, 0.6) is 5.75 Å². The second-order valence-electron chi connectivity index (χ2n) is 8.57. The molecule has 0 spiro atoms. The van der Waals surface area contributed by atoms with Crippen molar-refractivity contribution in [2.45, 2.75) is 31.5 Å². The maximum Gasteiger partial charge on any atom is 0.263 e. The fourth-order valence-corrected chi connectivity index (χ4v) is 5.54. The number of anilines is 2.